The lowest BCUT2D eigenvalue weighted by atomic mass is 10.1. The first-order chi connectivity index (χ1) is 13.7. The molecule has 3 aromatic rings. The maximum Gasteiger partial charge on any atom is 0.239 e. The molecule has 2 N–H and O–H groups in total. The molecular weight excluding hydrogens is 352 g/mol. The average molecular weight is 376 g/mol. The van der Waals surface area contributed by atoms with Gasteiger partial charge < -0.3 is 10.6 Å². The molecule has 0 atom stereocenters. The summed E-state index contributed by atoms with van der Waals surface area (Å²) in [5.41, 5.74) is 3.92. The van der Waals surface area contributed by atoms with Crippen LogP contribution in [0.15, 0.2) is 66.9 Å². The number of rotatable bonds is 8. The number of carbonyl (C=O) groups is 2. The number of benzene rings is 2. The molecule has 2 amide bonds. The zero-order valence-corrected chi connectivity index (χ0v) is 15.9. The van der Waals surface area contributed by atoms with Crippen molar-refractivity contribution in [2.75, 3.05) is 6.54 Å². The highest BCUT2D eigenvalue weighted by molar-refractivity contribution is 5.84. The van der Waals surface area contributed by atoms with Crippen LogP contribution in [0.25, 0.3) is 11.3 Å². The molecule has 6 heteroatoms. The molecule has 0 saturated heterocycles. The van der Waals surface area contributed by atoms with Crippen molar-refractivity contribution >= 4 is 11.8 Å². The maximum atomic E-state index is 12.0. The third-order valence-corrected chi connectivity index (χ3v) is 4.32. The SMILES string of the molecule is CCC(=O)NCC(=O)NCc1cn(Cc2ccccc2)nc1-c1ccccc1. The molecule has 28 heavy (non-hydrogen) atoms. The van der Waals surface area contributed by atoms with Crippen LogP contribution in [0.4, 0.5) is 0 Å². The molecule has 3 rings (SSSR count). The molecule has 0 aliphatic rings. The Balaban J connectivity index is 1.74. The molecule has 144 valence electrons. The lowest BCUT2D eigenvalue weighted by molar-refractivity contribution is -0.126. The van der Waals surface area contributed by atoms with E-state index in [2.05, 4.69) is 22.8 Å². The summed E-state index contributed by atoms with van der Waals surface area (Å²) in [5, 5.41) is 10.2. The molecule has 0 radical (unpaired) electrons. The van der Waals surface area contributed by atoms with Crippen molar-refractivity contribution in [3.05, 3.63) is 78.0 Å². The van der Waals surface area contributed by atoms with Crippen molar-refractivity contribution in [2.45, 2.75) is 26.4 Å². The Kier molecular flexibility index (Phi) is 6.57. The standard InChI is InChI=1S/C22H24N4O2/c1-2-20(27)24-14-21(28)23-13-19-16-26(15-17-9-5-3-6-10-17)25-22(19)18-11-7-4-8-12-18/h3-12,16H,2,13-15H2,1H3,(H,23,28)(H,24,27). The number of hydrogen-bond donors (Lipinski definition) is 2. The molecule has 1 heterocycles. The van der Waals surface area contributed by atoms with Crippen LogP contribution >= 0.6 is 0 Å². The lowest BCUT2D eigenvalue weighted by Gasteiger charge is -2.06. The fourth-order valence-electron chi connectivity index (χ4n) is 2.84. The first-order valence-corrected chi connectivity index (χ1v) is 9.34. The van der Waals surface area contributed by atoms with Gasteiger partial charge in [0.1, 0.15) is 0 Å². The minimum atomic E-state index is -0.225. The van der Waals surface area contributed by atoms with Crippen LogP contribution in [0.2, 0.25) is 0 Å². The summed E-state index contributed by atoms with van der Waals surface area (Å²) in [6.07, 6.45) is 2.32. The van der Waals surface area contributed by atoms with Crippen LogP contribution in [0.5, 0.6) is 0 Å². The van der Waals surface area contributed by atoms with Crippen LogP contribution < -0.4 is 10.6 Å². The molecular formula is C22H24N4O2. The zero-order chi connectivity index (χ0) is 19.8. The average Bonchev–Trinajstić information content (AvgIpc) is 3.14. The van der Waals surface area contributed by atoms with E-state index in [0.717, 1.165) is 22.4 Å². The summed E-state index contributed by atoms with van der Waals surface area (Å²) >= 11 is 0. The Morgan fingerprint density at radius 2 is 1.61 bits per heavy atom. The van der Waals surface area contributed by atoms with Crippen LogP contribution in [-0.4, -0.2) is 28.1 Å². The second-order valence-electron chi connectivity index (χ2n) is 6.46. The summed E-state index contributed by atoms with van der Waals surface area (Å²) < 4.78 is 1.89. The molecule has 0 spiro atoms. The largest absolute Gasteiger partial charge is 0.350 e. The number of carbonyl (C=O) groups excluding carboxylic acids is 2. The summed E-state index contributed by atoms with van der Waals surface area (Å²) in [6.45, 7) is 2.73. The highest BCUT2D eigenvalue weighted by Crippen LogP contribution is 2.22. The van der Waals surface area contributed by atoms with E-state index < -0.39 is 0 Å². The maximum absolute atomic E-state index is 12.0. The summed E-state index contributed by atoms with van der Waals surface area (Å²) in [6, 6.07) is 20.0. The third kappa shape index (κ3) is 5.30. The fraction of sp³-hybridized carbons (Fsp3) is 0.227. The topological polar surface area (TPSA) is 76.0 Å². The Labute approximate surface area is 164 Å². The quantitative estimate of drug-likeness (QED) is 0.635. The Morgan fingerprint density at radius 3 is 2.29 bits per heavy atom. The summed E-state index contributed by atoms with van der Waals surface area (Å²) in [5.74, 6) is -0.368. The minimum Gasteiger partial charge on any atom is -0.350 e. The second kappa shape index (κ2) is 9.50. The highest BCUT2D eigenvalue weighted by Gasteiger charge is 2.13. The van der Waals surface area contributed by atoms with Gasteiger partial charge in [-0.25, -0.2) is 0 Å². The van der Waals surface area contributed by atoms with Gasteiger partial charge >= 0.3 is 0 Å². The molecule has 6 nitrogen and oxygen atoms in total. The predicted molar refractivity (Wildman–Crippen MR) is 108 cm³/mol. The van der Waals surface area contributed by atoms with E-state index in [9.17, 15) is 9.59 Å². The fourth-order valence-corrected chi connectivity index (χ4v) is 2.84. The molecule has 0 bridgehead atoms. The van der Waals surface area contributed by atoms with E-state index >= 15 is 0 Å². The number of nitrogens with zero attached hydrogens (tertiary/aromatic N) is 2. The number of aromatic nitrogens is 2. The highest BCUT2D eigenvalue weighted by atomic mass is 16.2. The Hall–Kier alpha value is -3.41. The Bertz CT molecular complexity index is 920. The number of hydrogen-bond acceptors (Lipinski definition) is 3. The van der Waals surface area contributed by atoms with E-state index in [1.165, 1.54) is 0 Å². The third-order valence-electron chi connectivity index (χ3n) is 4.32. The Morgan fingerprint density at radius 1 is 0.929 bits per heavy atom. The molecule has 0 fully saturated rings. The van der Waals surface area contributed by atoms with E-state index in [1.807, 2.05) is 59.4 Å². The number of nitrogens with one attached hydrogen (secondary N) is 2. The molecule has 0 saturated carbocycles. The van der Waals surface area contributed by atoms with Gasteiger partial charge in [0.15, 0.2) is 0 Å². The van der Waals surface area contributed by atoms with Gasteiger partial charge in [0.2, 0.25) is 11.8 Å². The van der Waals surface area contributed by atoms with Crippen LogP contribution in [0, 0.1) is 0 Å². The van der Waals surface area contributed by atoms with Crippen molar-refractivity contribution in [3.8, 4) is 11.3 Å². The van der Waals surface area contributed by atoms with Gasteiger partial charge in [-0.3, -0.25) is 14.3 Å². The monoisotopic (exact) mass is 376 g/mol. The summed E-state index contributed by atoms with van der Waals surface area (Å²) in [7, 11) is 0. The molecule has 1 aromatic heterocycles. The van der Waals surface area contributed by atoms with E-state index in [0.29, 0.717) is 19.5 Å². The first kappa shape index (κ1) is 19.4. The number of amides is 2. The van der Waals surface area contributed by atoms with Gasteiger partial charge in [-0.1, -0.05) is 67.6 Å². The van der Waals surface area contributed by atoms with Crippen LogP contribution in [0.3, 0.4) is 0 Å². The van der Waals surface area contributed by atoms with E-state index in [1.54, 1.807) is 6.92 Å². The van der Waals surface area contributed by atoms with Gasteiger partial charge in [-0.15, -0.1) is 0 Å². The van der Waals surface area contributed by atoms with Crippen molar-refractivity contribution in [1.29, 1.82) is 0 Å². The van der Waals surface area contributed by atoms with Gasteiger partial charge in [0, 0.05) is 30.3 Å². The second-order valence-corrected chi connectivity index (χ2v) is 6.46. The van der Waals surface area contributed by atoms with Gasteiger partial charge in [0.05, 0.1) is 18.8 Å². The smallest absolute Gasteiger partial charge is 0.239 e. The predicted octanol–water partition coefficient (Wildman–Crippen LogP) is 2.74. The lowest BCUT2D eigenvalue weighted by Crippen LogP contribution is -2.36. The minimum absolute atomic E-state index is 0.0223. The van der Waals surface area contributed by atoms with E-state index in [4.69, 9.17) is 5.10 Å². The molecule has 0 unspecified atom stereocenters. The first-order valence-electron chi connectivity index (χ1n) is 9.34. The molecule has 0 aliphatic carbocycles. The van der Waals surface area contributed by atoms with Crippen molar-refractivity contribution in [1.82, 2.24) is 20.4 Å². The van der Waals surface area contributed by atoms with Gasteiger partial charge in [0.25, 0.3) is 0 Å². The van der Waals surface area contributed by atoms with Gasteiger partial charge in [-0.05, 0) is 5.56 Å². The van der Waals surface area contributed by atoms with Crippen molar-refractivity contribution in [2.24, 2.45) is 0 Å². The van der Waals surface area contributed by atoms with Crippen LogP contribution in [0.1, 0.15) is 24.5 Å². The van der Waals surface area contributed by atoms with Crippen molar-refractivity contribution < 1.29 is 9.59 Å². The van der Waals surface area contributed by atoms with Crippen molar-refractivity contribution in [3.63, 3.8) is 0 Å². The normalized spacial score (nSPS) is 10.5. The zero-order valence-electron chi connectivity index (χ0n) is 15.9. The molecule has 0 aliphatic heterocycles. The van der Waals surface area contributed by atoms with E-state index in [-0.39, 0.29) is 18.4 Å². The summed E-state index contributed by atoms with van der Waals surface area (Å²) in [4.78, 5) is 23.3. The molecule has 2 aromatic carbocycles. The van der Waals surface area contributed by atoms with Gasteiger partial charge in [-0.2, -0.15) is 5.10 Å². The van der Waals surface area contributed by atoms with Crippen LogP contribution in [-0.2, 0) is 22.7 Å².